The van der Waals surface area contributed by atoms with Gasteiger partial charge in [0.1, 0.15) is 0 Å². The lowest BCUT2D eigenvalue weighted by Gasteiger charge is -2.14. The van der Waals surface area contributed by atoms with E-state index in [1.165, 1.54) is 12.1 Å². The number of halogens is 4. The number of anilines is 1. The topological polar surface area (TPSA) is 32.3 Å². The zero-order valence-electron chi connectivity index (χ0n) is 7.61. The van der Waals surface area contributed by atoms with E-state index in [0.29, 0.717) is 4.47 Å². The van der Waals surface area contributed by atoms with Gasteiger partial charge in [0.05, 0.1) is 12.2 Å². The molecule has 0 aliphatic carbocycles. The summed E-state index contributed by atoms with van der Waals surface area (Å²) >= 11 is 2.98. The molecule has 6 heteroatoms. The Kier molecular flexibility index (Phi) is 3.98. The van der Waals surface area contributed by atoms with Crippen LogP contribution in [-0.2, 0) is 6.18 Å². The largest absolute Gasteiger partial charge is 0.418 e. The monoisotopic (exact) mass is 283 g/mol. The number of aliphatic hydroxyl groups is 1. The lowest BCUT2D eigenvalue weighted by atomic mass is 10.1. The van der Waals surface area contributed by atoms with Crippen molar-refractivity contribution in [2.75, 3.05) is 18.5 Å². The van der Waals surface area contributed by atoms with E-state index in [4.69, 9.17) is 5.11 Å². The third kappa shape index (κ3) is 3.39. The first kappa shape index (κ1) is 12.3. The van der Waals surface area contributed by atoms with Crippen molar-refractivity contribution in [3.63, 3.8) is 0 Å². The molecule has 15 heavy (non-hydrogen) atoms. The molecule has 0 bridgehead atoms. The SMILES string of the molecule is OCCNc1ccc(Br)cc1C(F)(F)F. The van der Waals surface area contributed by atoms with Crippen LogP contribution in [0.1, 0.15) is 5.56 Å². The Morgan fingerprint density at radius 2 is 2.00 bits per heavy atom. The molecule has 0 amide bonds. The third-order valence-electron chi connectivity index (χ3n) is 1.71. The molecule has 0 saturated carbocycles. The summed E-state index contributed by atoms with van der Waals surface area (Å²) in [5.74, 6) is 0. The van der Waals surface area contributed by atoms with Gasteiger partial charge in [-0.15, -0.1) is 0 Å². The van der Waals surface area contributed by atoms with E-state index in [9.17, 15) is 13.2 Å². The van der Waals surface area contributed by atoms with Crippen LogP contribution in [0.5, 0.6) is 0 Å². The molecule has 0 heterocycles. The first-order chi connectivity index (χ1) is 6.95. The summed E-state index contributed by atoms with van der Waals surface area (Å²) in [4.78, 5) is 0. The number of benzene rings is 1. The molecule has 0 spiro atoms. The predicted molar refractivity (Wildman–Crippen MR) is 54.7 cm³/mol. The van der Waals surface area contributed by atoms with Crippen LogP contribution in [0.2, 0.25) is 0 Å². The number of aliphatic hydroxyl groups excluding tert-OH is 1. The molecule has 0 atom stereocenters. The van der Waals surface area contributed by atoms with Crippen LogP contribution in [0.3, 0.4) is 0 Å². The van der Waals surface area contributed by atoms with Gasteiger partial charge < -0.3 is 10.4 Å². The highest BCUT2D eigenvalue weighted by Crippen LogP contribution is 2.36. The van der Waals surface area contributed by atoms with Gasteiger partial charge in [0.2, 0.25) is 0 Å². The molecule has 0 aliphatic rings. The third-order valence-corrected chi connectivity index (χ3v) is 2.21. The van der Waals surface area contributed by atoms with Crippen LogP contribution in [0, 0.1) is 0 Å². The van der Waals surface area contributed by atoms with Crippen LogP contribution >= 0.6 is 15.9 Å². The number of hydrogen-bond donors (Lipinski definition) is 2. The van der Waals surface area contributed by atoms with Crippen LogP contribution in [-0.4, -0.2) is 18.3 Å². The van der Waals surface area contributed by atoms with Crippen LogP contribution in [0.15, 0.2) is 22.7 Å². The Morgan fingerprint density at radius 3 is 2.53 bits per heavy atom. The Morgan fingerprint density at radius 1 is 1.33 bits per heavy atom. The minimum atomic E-state index is -4.40. The fraction of sp³-hybridized carbons (Fsp3) is 0.333. The lowest BCUT2D eigenvalue weighted by molar-refractivity contribution is -0.137. The Hall–Kier alpha value is -0.750. The van der Waals surface area contributed by atoms with Gasteiger partial charge in [-0.1, -0.05) is 15.9 Å². The average Bonchev–Trinajstić information content (AvgIpc) is 2.14. The van der Waals surface area contributed by atoms with E-state index >= 15 is 0 Å². The molecule has 0 aromatic heterocycles. The summed E-state index contributed by atoms with van der Waals surface area (Å²) in [7, 11) is 0. The van der Waals surface area contributed by atoms with Crippen molar-refractivity contribution < 1.29 is 18.3 Å². The zero-order chi connectivity index (χ0) is 11.5. The first-order valence-electron chi connectivity index (χ1n) is 4.16. The van der Waals surface area contributed by atoms with Gasteiger partial charge in [0, 0.05) is 16.7 Å². The molecule has 1 aromatic carbocycles. The summed E-state index contributed by atoms with van der Waals surface area (Å²) in [6.45, 7) is -0.127. The highest BCUT2D eigenvalue weighted by molar-refractivity contribution is 9.10. The van der Waals surface area contributed by atoms with Crippen molar-refractivity contribution in [3.05, 3.63) is 28.2 Å². The summed E-state index contributed by atoms with van der Waals surface area (Å²) in [6, 6.07) is 3.83. The Balaban J connectivity index is 3.04. The second-order valence-corrected chi connectivity index (χ2v) is 3.75. The van der Waals surface area contributed by atoms with Crippen molar-refractivity contribution in [3.8, 4) is 0 Å². The van der Waals surface area contributed by atoms with Crippen molar-refractivity contribution in [2.24, 2.45) is 0 Å². The highest BCUT2D eigenvalue weighted by atomic mass is 79.9. The average molecular weight is 284 g/mol. The van der Waals surface area contributed by atoms with Gasteiger partial charge in [0.15, 0.2) is 0 Å². The van der Waals surface area contributed by atoms with E-state index in [-0.39, 0.29) is 18.8 Å². The van der Waals surface area contributed by atoms with Gasteiger partial charge in [-0.05, 0) is 18.2 Å². The molecule has 2 nitrogen and oxygen atoms in total. The van der Waals surface area contributed by atoms with Crippen molar-refractivity contribution in [1.82, 2.24) is 0 Å². The Labute approximate surface area is 93.2 Å². The molecule has 0 fully saturated rings. The standard InChI is InChI=1S/C9H9BrF3NO/c10-6-1-2-8(14-3-4-15)7(5-6)9(11,12)13/h1-2,5,14-15H,3-4H2. The van der Waals surface area contributed by atoms with Gasteiger partial charge in [-0.25, -0.2) is 0 Å². The van der Waals surface area contributed by atoms with Gasteiger partial charge in [-0.2, -0.15) is 13.2 Å². The minimum Gasteiger partial charge on any atom is -0.395 e. The fourth-order valence-electron chi connectivity index (χ4n) is 1.10. The first-order valence-corrected chi connectivity index (χ1v) is 4.96. The smallest absolute Gasteiger partial charge is 0.395 e. The van der Waals surface area contributed by atoms with Crippen molar-refractivity contribution >= 4 is 21.6 Å². The summed E-state index contributed by atoms with van der Waals surface area (Å²) in [5.41, 5.74) is -0.773. The summed E-state index contributed by atoms with van der Waals surface area (Å²) in [6.07, 6.45) is -4.40. The molecule has 0 unspecified atom stereocenters. The van der Waals surface area contributed by atoms with Crippen molar-refractivity contribution in [1.29, 1.82) is 0 Å². The van der Waals surface area contributed by atoms with E-state index in [1.54, 1.807) is 0 Å². The second-order valence-electron chi connectivity index (χ2n) is 2.84. The van der Waals surface area contributed by atoms with Crippen molar-refractivity contribution in [2.45, 2.75) is 6.18 Å². The second kappa shape index (κ2) is 4.85. The normalized spacial score (nSPS) is 11.5. The van der Waals surface area contributed by atoms with Gasteiger partial charge in [0.25, 0.3) is 0 Å². The van der Waals surface area contributed by atoms with E-state index < -0.39 is 11.7 Å². The van der Waals surface area contributed by atoms with E-state index in [1.807, 2.05) is 0 Å². The molecule has 1 rings (SSSR count). The molecule has 2 N–H and O–H groups in total. The molecule has 1 aromatic rings. The lowest BCUT2D eigenvalue weighted by Crippen LogP contribution is -2.13. The van der Waals surface area contributed by atoms with Crippen LogP contribution < -0.4 is 5.32 Å². The fourth-order valence-corrected chi connectivity index (χ4v) is 1.46. The maximum Gasteiger partial charge on any atom is 0.418 e. The molecule has 0 saturated heterocycles. The number of alkyl halides is 3. The molecule has 0 aliphatic heterocycles. The Bertz CT molecular complexity index is 341. The number of rotatable bonds is 3. The molecule has 0 radical (unpaired) electrons. The van der Waals surface area contributed by atoms with E-state index in [0.717, 1.165) is 6.07 Å². The maximum atomic E-state index is 12.5. The number of nitrogens with one attached hydrogen (secondary N) is 1. The minimum absolute atomic E-state index is 0.0280. The van der Waals surface area contributed by atoms with E-state index in [2.05, 4.69) is 21.2 Å². The maximum absolute atomic E-state index is 12.5. The molecular formula is C9H9BrF3NO. The molecule has 84 valence electrons. The highest BCUT2D eigenvalue weighted by Gasteiger charge is 2.33. The number of hydrogen-bond acceptors (Lipinski definition) is 2. The van der Waals surface area contributed by atoms with Crippen LogP contribution in [0.25, 0.3) is 0 Å². The summed E-state index contributed by atoms with van der Waals surface area (Å²) in [5, 5.41) is 11.0. The summed E-state index contributed by atoms with van der Waals surface area (Å²) < 4.78 is 38.0. The zero-order valence-corrected chi connectivity index (χ0v) is 9.19. The molecular weight excluding hydrogens is 275 g/mol. The van der Waals surface area contributed by atoms with Gasteiger partial charge in [-0.3, -0.25) is 0 Å². The van der Waals surface area contributed by atoms with Gasteiger partial charge >= 0.3 is 6.18 Å². The van der Waals surface area contributed by atoms with Crippen LogP contribution in [0.4, 0.5) is 18.9 Å². The predicted octanol–water partition coefficient (Wildman–Crippen LogP) is 2.87. The quantitative estimate of drug-likeness (QED) is 0.894.